The quantitative estimate of drug-likeness (QED) is 0.257. The molecular weight excluding hydrogens is 541 g/mol. The van der Waals surface area contributed by atoms with Crippen LogP contribution >= 0.6 is 0 Å². The van der Waals surface area contributed by atoms with Crippen LogP contribution in [0.4, 0.5) is 4.39 Å². The van der Waals surface area contributed by atoms with Crippen LogP contribution in [0.15, 0.2) is 48.5 Å². The molecule has 3 aromatic carbocycles. The number of methoxy groups -OCH3 is 1. The Labute approximate surface area is 244 Å². The van der Waals surface area contributed by atoms with Crippen LogP contribution in [0, 0.1) is 17.1 Å². The number of hydrogen-bond acceptors (Lipinski definition) is 8. The molecule has 0 saturated heterocycles. The molecule has 2 atom stereocenters. The summed E-state index contributed by atoms with van der Waals surface area (Å²) in [6.45, 7) is 4.19. The topological polar surface area (TPSA) is 107 Å². The fourth-order valence-electron chi connectivity index (χ4n) is 5.30. The first-order valence-corrected chi connectivity index (χ1v) is 14.0. The van der Waals surface area contributed by atoms with Crippen molar-refractivity contribution in [2.24, 2.45) is 0 Å². The summed E-state index contributed by atoms with van der Waals surface area (Å²) in [5.74, 6) is 2.04. The van der Waals surface area contributed by atoms with Crippen LogP contribution in [0.3, 0.4) is 0 Å². The largest absolute Gasteiger partial charge is 0.493 e. The Morgan fingerprint density at radius 1 is 1.14 bits per heavy atom. The number of nitriles is 1. The van der Waals surface area contributed by atoms with Crippen molar-refractivity contribution in [1.29, 1.82) is 5.26 Å². The van der Waals surface area contributed by atoms with Crippen molar-refractivity contribution < 1.29 is 38.0 Å². The molecule has 42 heavy (non-hydrogen) atoms. The van der Waals surface area contributed by atoms with E-state index in [1.54, 1.807) is 38.1 Å². The van der Waals surface area contributed by atoms with Crippen molar-refractivity contribution >= 4 is 5.97 Å². The van der Waals surface area contributed by atoms with Gasteiger partial charge in [-0.2, -0.15) is 5.26 Å². The predicted molar refractivity (Wildman–Crippen MR) is 152 cm³/mol. The van der Waals surface area contributed by atoms with Crippen molar-refractivity contribution in [3.05, 3.63) is 76.6 Å². The molecule has 1 aliphatic heterocycles. The summed E-state index contributed by atoms with van der Waals surface area (Å²) < 4.78 is 43.8. The van der Waals surface area contributed by atoms with Crippen molar-refractivity contribution in [3.8, 4) is 34.8 Å². The van der Waals surface area contributed by atoms with Crippen LogP contribution in [0.2, 0.25) is 0 Å². The summed E-state index contributed by atoms with van der Waals surface area (Å²) >= 11 is 0. The van der Waals surface area contributed by atoms with Crippen molar-refractivity contribution in [2.45, 2.75) is 63.6 Å². The van der Waals surface area contributed by atoms with Gasteiger partial charge in [0.2, 0.25) is 0 Å². The second kappa shape index (κ2) is 12.3. The number of fused-ring (bicyclic) bond motifs is 2. The first kappa shape index (κ1) is 29.2. The van der Waals surface area contributed by atoms with Crippen LogP contribution in [0.5, 0.6) is 28.7 Å². The average Bonchev–Trinajstić information content (AvgIpc) is 3.57. The highest BCUT2D eigenvalue weighted by atomic mass is 19.1. The number of halogens is 1. The number of aliphatic hydroxyl groups is 1. The zero-order chi connectivity index (χ0) is 29.9. The van der Waals surface area contributed by atoms with Gasteiger partial charge in [0.1, 0.15) is 46.7 Å². The van der Waals surface area contributed by atoms with E-state index in [0.717, 1.165) is 5.56 Å². The number of ether oxygens (including phenoxy) is 5. The van der Waals surface area contributed by atoms with Gasteiger partial charge in [-0.25, -0.2) is 4.39 Å². The van der Waals surface area contributed by atoms with E-state index in [2.05, 4.69) is 6.07 Å². The van der Waals surface area contributed by atoms with E-state index < -0.39 is 11.7 Å². The number of carbonyl (C=O) groups is 1. The van der Waals surface area contributed by atoms with E-state index in [4.69, 9.17) is 23.7 Å². The van der Waals surface area contributed by atoms with E-state index >= 15 is 4.39 Å². The van der Waals surface area contributed by atoms with Gasteiger partial charge in [-0.1, -0.05) is 6.07 Å². The molecule has 9 heteroatoms. The van der Waals surface area contributed by atoms with E-state index in [0.29, 0.717) is 85.2 Å². The highest BCUT2D eigenvalue weighted by molar-refractivity contribution is 5.69. The van der Waals surface area contributed by atoms with Crippen molar-refractivity contribution in [3.63, 3.8) is 0 Å². The van der Waals surface area contributed by atoms with Gasteiger partial charge in [-0.15, -0.1) is 0 Å². The molecule has 1 aliphatic carbocycles. The summed E-state index contributed by atoms with van der Waals surface area (Å²) in [6.07, 6.45) is 1.99. The lowest BCUT2D eigenvalue weighted by molar-refractivity contribution is -0.140. The van der Waals surface area contributed by atoms with Crippen molar-refractivity contribution in [2.75, 3.05) is 20.3 Å². The zero-order valence-electron chi connectivity index (χ0n) is 23.9. The Morgan fingerprint density at radius 3 is 2.69 bits per heavy atom. The third kappa shape index (κ3) is 6.60. The molecule has 220 valence electrons. The van der Waals surface area contributed by atoms with E-state index in [-0.39, 0.29) is 23.3 Å². The number of carbonyl (C=O) groups excluding carboxylic acids is 1. The van der Waals surface area contributed by atoms with Crippen LogP contribution in [0.1, 0.15) is 73.8 Å². The summed E-state index contributed by atoms with van der Waals surface area (Å²) in [6, 6.07) is 15.6. The fraction of sp³-hybridized carbons (Fsp3) is 0.394. The average molecular weight is 576 g/mol. The lowest BCUT2D eigenvalue weighted by Gasteiger charge is -2.18. The molecule has 5 rings (SSSR count). The number of rotatable bonds is 11. The standard InChI is InChI=1S/C33H34FNO7/c1-33(2,37)14-15-39-22-6-10-27(21(16-22)18-35)42-28-12-9-26(34)32-25(28)8-11-29(32)41-23-5-7-24-20(4-13-31(36)38-3)19-40-30(24)17-23/h5-7,9-10,12,16-17,20,29,37H,4,8,11,13-15,19H2,1-3H3/t20-,29-/m1/s1. The number of esters is 1. The van der Waals surface area contributed by atoms with Gasteiger partial charge >= 0.3 is 5.97 Å². The van der Waals surface area contributed by atoms with Gasteiger partial charge in [-0.05, 0) is 63.4 Å². The SMILES string of the molecule is COC(=O)CC[C@@H]1COc2cc(O[C@@H]3CCc4c(Oc5ccc(OCCC(C)(C)O)cc5C#N)ccc(F)c43)ccc21. The molecule has 0 bridgehead atoms. The monoisotopic (exact) mass is 575 g/mol. The summed E-state index contributed by atoms with van der Waals surface area (Å²) in [5.41, 5.74) is 1.59. The molecule has 0 fully saturated rings. The third-order valence-electron chi connectivity index (χ3n) is 7.58. The zero-order valence-corrected chi connectivity index (χ0v) is 23.9. The molecule has 1 heterocycles. The molecule has 3 aromatic rings. The van der Waals surface area contributed by atoms with Gasteiger partial charge in [0.15, 0.2) is 0 Å². The molecule has 8 nitrogen and oxygen atoms in total. The van der Waals surface area contributed by atoms with Gasteiger partial charge < -0.3 is 28.8 Å². The van der Waals surface area contributed by atoms with Crippen LogP contribution in [-0.4, -0.2) is 37.0 Å². The molecule has 0 spiro atoms. The molecule has 0 saturated carbocycles. The maximum Gasteiger partial charge on any atom is 0.305 e. The van der Waals surface area contributed by atoms with E-state index in [9.17, 15) is 15.2 Å². The predicted octanol–water partition coefficient (Wildman–Crippen LogP) is 6.52. The third-order valence-corrected chi connectivity index (χ3v) is 7.58. The van der Waals surface area contributed by atoms with Gasteiger partial charge in [0, 0.05) is 47.6 Å². The maximum absolute atomic E-state index is 15.1. The minimum atomic E-state index is -0.851. The first-order valence-electron chi connectivity index (χ1n) is 14.0. The minimum absolute atomic E-state index is 0.101. The fourth-order valence-corrected chi connectivity index (χ4v) is 5.30. The highest BCUT2D eigenvalue weighted by Crippen LogP contribution is 2.45. The summed E-state index contributed by atoms with van der Waals surface area (Å²) in [5, 5.41) is 19.6. The second-order valence-corrected chi connectivity index (χ2v) is 11.2. The molecule has 0 amide bonds. The lowest BCUT2D eigenvalue weighted by atomic mass is 9.96. The van der Waals surface area contributed by atoms with Crippen LogP contribution < -0.4 is 18.9 Å². The van der Waals surface area contributed by atoms with Gasteiger partial charge in [0.25, 0.3) is 0 Å². The normalized spacial score (nSPS) is 17.0. The molecule has 1 N–H and O–H groups in total. The lowest BCUT2D eigenvalue weighted by Crippen LogP contribution is -2.21. The summed E-state index contributed by atoms with van der Waals surface area (Å²) in [7, 11) is 1.38. The Bertz CT molecular complexity index is 1510. The Hall–Kier alpha value is -4.29. The Morgan fingerprint density at radius 2 is 1.93 bits per heavy atom. The van der Waals surface area contributed by atoms with E-state index in [1.165, 1.54) is 13.2 Å². The number of benzene rings is 3. The Balaban J connectivity index is 1.29. The second-order valence-electron chi connectivity index (χ2n) is 11.2. The van der Waals surface area contributed by atoms with Gasteiger partial charge in [-0.3, -0.25) is 4.79 Å². The van der Waals surface area contributed by atoms with Gasteiger partial charge in [0.05, 0.1) is 31.5 Å². The molecular formula is C33H34FNO7. The van der Waals surface area contributed by atoms with E-state index in [1.807, 2.05) is 18.2 Å². The summed E-state index contributed by atoms with van der Waals surface area (Å²) in [4.78, 5) is 11.5. The van der Waals surface area contributed by atoms with Crippen molar-refractivity contribution in [1.82, 2.24) is 0 Å². The minimum Gasteiger partial charge on any atom is -0.493 e. The van der Waals surface area contributed by atoms with Crippen LogP contribution in [-0.2, 0) is 16.0 Å². The number of nitrogens with zero attached hydrogens (tertiary/aromatic N) is 1. The smallest absolute Gasteiger partial charge is 0.305 e. The molecule has 0 unspecified atom stereocenters. The Kier molecular flexibility index (Phi) is 8.55. The first-order chi connectivity index (χ1) is 20.1. The molecule has 0 aromatic heterocycles. The highest BCUT2D eigenvalue weighted by Gasteiger charge is 2.32. The number of hydrogen-bond donors (Lipinski definition) is 1. The maximum atomic E-state index is 15.1. The molecule has 0 radical (unpaired) electrons. The molecule has 2 aliphatic rings. The van der Waals surface area contributed by atoms with Crippen LogP contribution in [0.25, 0.3) is 0 Å².